The molecule has 0 aromatic heterocycles. The normalized spacial score (nSPS) is 16.1. The number of hydrogen-bond donors (Lipinski definition) is 1. The molecule has 0 atom stereocenters. The minimum absolute atomic E-state index is 0.175. The van der Waals surface area contributed by atoms with Crippen LogP contribution in [0.5, 0.6) is 5.75 Å². The van der Waals surface area contributed by atoms with E-state index in [2.05, 4.69) is 33.8 Å². The van der Waals surface area contributed by atoms with Crippen LogP contribution in [-0.2, 0) is 6.42 Å². The number of rotatable bonds is 9. The molecule has 5 nitrogen and oxygen atoms in total. The number of ether oxygens (including phenoxy) is 1. The number of aliphatic hydroxyl groups is 1. The van der Waals surface area contributed by atoms with E-state index in [1.54, 1.807) is 0 Å². The number of piperidine rings is 1. The summed E-state index contributed by atoms with van der Waals surface area (Å²) in [5.41, 5.74) is 2.51. The number of nitrogens with zero attached hydrogens (tertiary/aromatic N) is 3. The van der Waals surface area contributed by atoms with Crippen LogP contribution in [0.15, 0.2) is 48.5 Å². The molecule has 0 amide bonds. The predicted octanol–water partition coefficient (Wildman–Crippen LogP) is 4.92. The zero-order chi connectivity index (χ0) is 22.3. The van der Waals surface area contributed by atoms with Gasteiger partial charge in [-0.15, -0.1) is 0 Å². The molecule has 0 unspecified atom stereocenters. The smallest absolute Gasteiger partial charge is 0.187 e. The van der Waals surface area contributed by atoms with Gasteiger partial charge in [0.25, 0.3) is 0 Å². The summed E-state index contributed by atoms with van der Waals surface area (Å²) in [5, 5.41) is 11.1. The average Bonchev–Trinajstić information content (AvgIpc) is 2.78. The van der Waals surface area contributed by atoms with Crippen molar-refractivity contribution in [1.29, 1.82) is 0 Å². The van der Waals surface area contributed by atoms with Crippen LogP contribution in [0.25, 0.3) is 4.85 Å². The lowest BCUT2D eigenvalue weighted by atomic mass is 9.88. The third-order valence-corrected chi connectivity index (χ3v) is 6.13. The van der Waals surface area contributed by atoms with E-state index in [-0.39, 0.29) is 6.10 Å². The molecule has 1 aliphatic heterocycles. The van der Waals surface area contributed by atoms with Gasteiger partial charge in [-0.1, -0.05) is 24.3 Å². The summed E-state index contributed by atoms with van der Waals surface area (Å²) in [7, 11) is 2.08. The van der Waals surface area contributed by atoms with Crippen molar-refractivity contribution in [2.24, 2.45) is 0 Å². The van der Waals surface area contributed by atoms with Gasteiger partial charge in [0.15, 0.2) is 5.69 Å². The van der Waals surface area contributed by atoms with Crippen molar-refractivity contribution in [3.05, 3.63) is 65.5 Å². The highest BCUT2D eigenvalue weighted by Gasteiger charge is 2.32. The first-order chi connectivity index (χ1) is 14.9. The summed E-state index contributed by atoms with van der Waals surface area (Å²) in [4.78, 5) is 8.09. The number of hydrogen-bond acceptors (Lipinski definition) is 4. The summed E-state index contributed by atoms with van der Waals surface area (Å²) in [5.74, 6) is 0.889. The van der Waals surface area contributed by atoms with E-state index in [1.165, 1.54) is 5.56 Å². The number of benzene rings is 2. The molecule has 5 heteroatoms. The van der Waals surface area contributed by atoms with Crippen molar-refractivity contribution in [2.75, 3.05) is 38.1 Å². The maximum Gasteiger partial charge on any atom is 0.187 e. The van der Waals surface area contributed by atoms with Crippen LogP contribution in [0.1, 0.15) is 38.7 Å². The Hall–Kier alpha value is -2.55. The van der Waals surface area contributed by atoms with Gasteiger partial charge >= 0.3 is 0 Å². The third kappa shape index (κ3) is 6.99. The Morgan fingerprint density at radius 3 is 2.32 bits per heavy atom. The number of likely N-dealkylation sites (tertiary alicyclic amines) is 1. The summed E-state index contributed by atoms with van der Waals surface area (Å²) < 4.78 is 5.71. The van der Waals surface area contributed by atoms with Gasteiger partial charge in [-0.3, -0.25) is 0 Å². The van der Waals surface area contributed by atoms with E-state index in [4.69, 9.17) is 11.3 Å². The molecular formula is C26H35N3O2. The SMILES string of the molecule is [C-]#[N+]c1ccc(CCN2CCC(O)(CCN(C)c3ccc(OC(C)C)cc3)CC2)cc1. The van der Waals surface area contributed by atoms with Gasteiger partial charge in [-0.2, -0.15) is 0 Å². The Balaban J connectivity index is 1.41. The van der Waals surface area contributed by atoms with Crippen LogP contribution in [-0.4, -0.2) is 54.9 Å². The Labute approximate surface area is 187 Å². The first kappa shape index (κ1) is 23.1. The lowest BCUT2D eigenvalue weighted by molar-refractivity contribution is -0.0254. The van der Waals surface area contributed by atoms with E-state index in [9.17, 15) is 5.11 Å². The predicted molar refractivity (Wildman–Crippen MR) is 127 cm³/mol. The highest BCUT2D eigenvalue weighted by molar-refractivity contribution is 5.48. The Kier molecular flexibility index (Phi) is 7.95. The second-order valence-corrected chi connectivity index (χ2v) is 8.93. The van der Waals surface area contributed by atoms with Gasteiger partial charge in [0.2, 0.25) is 0 Å². The van der Waals surface area contributed by atoms with Crippen LogP contribution in [0.2, 0.25) is 0 Å². The molecule has 31 heavy (non-hydrogen) atoms. The maximum atomic E-state index is 11.1. The Bertz CT molecular complexity index is 848. The lowest BCUT2D eigenvalue weighted by Gasteiger charge is -2.39. The largest absolute Gasteiger partial charge is 0.491 e. The number of anilines is 1. The second kappa shape index (κ2) is 10.7. The maximum absolute atomic E-state index is 11.1. The first-order valence-corrected chi connectivity index (χ1v) is 11.3. The Morgan fingerprint density at radius 2 is 1.74 bits per heavy atom. The highest BCUT2D eigenvalue weighted by atomic mass is 16.5. The molecular weight excluding hydrogens is 386 g/mol. The van der Waals surface area contributed by atoms with Crippen LogP contribution in [0.4, 0.5) is 11.4 Å². The molecule has 0 aliphatic carbocycles. The summed E-state index contributed by atoms with van der Waals surface area (Å²) in [6.07, 6.45) is 3.57. The molecule has 0 saturated carbocycles. The minimum atomic E-state index is -0.581. The second-order valence-electron chi connectivity index (χ2n) is 8.93. The summed E-state index contributed by atoms with van der Waals surface area (Å²) in [6, 6.07) is 16.0. The molecule has 1 heterocycles. The van der Waals surface area contributed by atoms with Gasteiger partial charge in [0.05, 0.1) is 18.3 Å². The fourth-order valence-electron chi connectivity index (χ4n) is 4.02. The van der Waals surface area contributed by atoms with Gasteiger partial charge in [-0.05, 0) is 69.4 Å². The third-order valence-electron chi connectivity index (χ3n) is 6.13. The molecule has 2 aromatic rings. The molecule has 0 spiro atoms. The van der Waals surface area contributed by atoms with E-state index in [0.29, 0.717) is 5.69 Å². The van der Waals surface area contributed by atoms with Gasteiger partial charge in [0, 0.05) is 38.9 Å². The molecule has 1 saturated heterocycles. The Morgan fingerprint density at radius 1 is 1.10 bits per heavy atom. The molecule has 2 aromatic carbocycles. The van der Waals surface area contributed by atoms with E-state index < -0.39 is 5.60 Å². The molecule has 1 fully saturated rings. The van der Waals surface area contributed by atoms with E-state index in [1.807, 2.05) is 50.2 Å². The first-order valence-electron chi connectivity index (χ1n) is 11.3. The fourth-order valence-corrected chi connectivity index (χ4v) is 4.02. The van der Waals surface area contributed by atoms with E-state index >= 15 is 0 Å². The topological polar surface area (TPSA) is 40.3 Å². The van der Waals surface area contributed by atoms with Crippen molar-refractivity contribution in [2.45, 2.75) is 51.2 Å². The zero-order valence-electron chi connectivity index (χ0n) is 19.1. The lowest BCUT2D eigenvalue weighted by Crippen LogP contribution is -2.46. The molecule has 1 N–H and O–H groups in total. The van der Waals surface area contributed by atoms with Gasteiger partial charge in [0.1, 0.15) is 5.75 Å². The van der Waals surface area contributed by atoms with Gasteiger partial charge in [-0.25, -0.2) is 4.85 Å². The van der Waals surface area contributed by atoms with Crippen LogP contribution < -0.4 is 9.64 Å². The summed E-state index contributed by atoms with van der Waals surface area (Å²) in [6.45, 7) is 14.8. The quantitative estimate of drug-likeness (QED) is 0.584. The molecule has 0 bridgehead atoms. The monoisotopic (exact) mass is 421 g/mol. The van der Waals surface area contributed by atoms with Crippen molar-refractivity contribution in [3.63, 3.8) is 0 Å². The van der Waals surface area contributed by atoms with Gasteiger partial charge < -0.3 is 19.6 Å². The fraction of sp³-hybridized carbons (Fsp3) is 0.500. The molecule has 3 rings (SSSR count). The molecule has 1 aliphatic rings. The van der Waals surface area contributed by atoms with Crippen LogP contribution in [0.3, 0.4) is 0 Å². The molecule has 166 valence electrons. The van der Waals surface area contributed by atoms with Crippen molar-refractivity contribution < 1.29 is 9.84 Å². The van der Waals surface area contributed by atoms with E-state index in [0.717, 1.165) is 63.3 Å². The van der Waals surface area contributed by atoms with Crippen LogP contribution >= 0.6 is 0 Å². The molecule has 0 radical (unpaired) electrons. The standard InChI is InChI=1S/C26H35N3O2/c1-21(2)31-25-11-9-24(10-12-25)28(4)18-14-26(30)15-19-29(20-16-26)17-13-22-5-7-23(27-3)8-6-22/h5-12,21,30H,13-20H2,1-2,4H3. The average molecular weight is 422 g/mol. The zero-order valence-corrected chi connectivity index (χ0v) is 19.1. The summed E-state index contributed by atoms with van der Waals surface area (Å²) >= 11 is 0. The minimum Gasteiger partial charge on any atom is -0.491 e. The highest BCUT2D eigenvalue weighted by Crippen LogP contribution is 2.27. The van der Waals surface area contributed by atoms with Crippen LogP contribution in [0, 0.1) is 6.57 Å². The van der Waals surface area contributed by atoms with Crippen molar-refractivity contribution >= 4 is 11.4 Å². The van der Waals surface area contributed by atoms with Crippen molar-refractivity contribution in [3.8, 4) is 5.75 Å². The van der Waals surface area contributed by atoms with Crippen molar-refractivity contribution in [1.82, 2.24) is 4.90 Å².